The van der Waals surface area contributed by atoms with Crippen LogP contribution < -0.4 is 4.74 Å². The number of ether oxygens (including phenoxy) is 1. The molecular weight excluding hydrogens is 178 g/mol. The zero-order valence-electron chi connectivity index (χ0n) is 8.32. The summed E-state index contributed by atoms with van der Waals surface area (Å²) in [6.45, 7) is 3.80. The van der Waals surface area contributed by atoms with Crippen LogP contribution in [0, 0.1) is 18.3 Å². The molecule has 1 N–H and O–H groups in total. The second-order valence-corrected chi connectivity index (χ2v) is 3.25. The number of nitrogens with zero attached hydrogens (tertiary/aromatic N) is 1. The van der Waals surface area contributed by atoms with E-state index in [9.17, 15) is 0 Å². The molecule has 0 saturated carbocycles. The molecule has 0 saturated heterocycles. The number of aliphatic hydroxyl groups is 1. The second-order valence-electron chi connectivity index (χ2n) is 3.25. The SMILES string of the molecule is Cc1ccc(C#N)cc1OC[C@@H](C)O. The van der Waals surface area contributed by atoms with E-state index in [2.05, 4.69) is 0 Å². The first-order chi connectivity index (χ1) is 6.63. The van der Waals surface area contributed by atoms with Crippen molar-refractivity contribution in [1.82, 2.24) is 0 Å². The third-order valence-corrected chi connectivity index (χ3v) is 1.80. The van der Waals surface area contributed by atoms with Crippen LogP contribution in [0.4, 0.5) is 0 Å². The number of aryl methyl sites for hydroxylation is 1. The molecule has 1 rings (SSSR count). The first-order valence-corrected chi connectivity index (χ1v) is 4.45. The van der Waals surface area contributed by atoms with Gasteiger partial charge in [0.1, 0.15) is 12.4 Å². The van der Waals surface area contributed by atoms with Crippen molar-refractivity contribution in [2.45, 2.75) is 20.0 Å². The summed E-state index contributed by atoms with van der Waals surface area (Å²) in [6, 6.07) is 7.29. The number of aliphatic hydroxyl groups excluding tert-OH is 1. The van der Waals surface area contributed by atoms with Crippen molar-refractivity contribution in [3.8, 4) is 11.8 Å². The van der Waals surface area contributed by atoms with Crippen LogP contribution in [0.25, 0.3) is 0 Å². The number of rotatable bonds is 3. The van der Waals surface area contributed by atoms with E-state index in [1.54, 1.807) is 19.1 Å². The fourth-order valence-corrected chi connectivity index (χ4v) is 1.04. The van der Waals surface area contributed by atoms with Crippen LogP contribution in [0.1, 0.15) is 18.1 Å². The van der Waals surface area contributed by atoms with E-state index in [1.807, 2.05) is 19.1 Å². The molecule has 14 heavy (non-hydrogen) atoms. The lowest BCUT2D eigenvalue weighted by Gasteiger charge is -2.10. The minimum absolute atomic E-state index is 0.246. The summed E-state index contributed by atoms with van der Waals surface area (Å²) in [6.07, 6.45) is -0.500. The van der Waals surface area contributed by atoms with Crippen LogP contribution in [0.15, 0.2) is 18.2 Å². The highest BCUT2D eigenvalue weighted by atomic mass is 16.5. The first-order valence-electron chi connectivity index (χ1n) is 4.45. The van der Waals surface area contributed by atoms with Crippen LogP contribution in [0.5, 0.6) is 5.75 Å². The molecule has 1 aromatic rings. The molecule has 0 amide bonds. The smallest absolute Gasteiger partial charge is 0.123 e. The Kier molecular flexibility index (Phi) is 3.49. The van der Waals surface area contributed by atoms with Gasteiger partial charge in [-0.3, -0.25) is 0 Å². The van der Waals surface area contributed by atoms with Crippen molar-refractivity contribution in [2.24, 2.45) is 0 Å². The van der Waals surface area contributed by atoms with Crippen molar-refractivity contribution in [3.05, 3.63) is 29.3 Å². The lowest BCUT2D eigenvalue weighted by Crippen LogP contribution is -2.13. The summed E-state index contributed by atoms with van der Waals surface area (Å²) in [4.78, 5) is 0. The van der Waals surface area contributed by atoms with Gasteiger partial charge >= 0.3 is 0 Å². The van der Waals surface area contributed by atoms with E-state index in [1.165, 1.54) is 0 Å². The topological polar surface area (TPSA) is 53.2 Å². The zero-order chi connectivity index (χ0) is 10.6. The Morgan fingerprint density at radius 1 is 1.57 bits per heavy atom. The maximum absolute atomic E-state index is 9.04. The summed E-state index contributed by atoms with van der Waals surface area (Å²) >= 11 is 0. The molecule has 74 valence electrons. The summed E-state index contributed by atoms with van der Waals surface area (Å²) in [5.41, 5.74) is 1.53. The van der Waals surface area contributed by atoms with E-state index in [-0.39, 0.29) is 6.61 Å². The Morgan fingerprint density at radius 2 is 2.29 bits per heavy atom. The van der Waals surface area contributed by atoms with Gasteiger partial charge in [0.2, 0.25) is 0 Å². The number of benzene rings is 1. The lowest BCUT2D eigenvalue weighted by molar-refractivity contribution is 0.122. The number of hydrogen-bond donors (Lipinski definition) is 1. The number of nitriles is 1. The van der Waals surface area contributed by atoms with Gasteiger partial charge in [-0.2, -0.15) is 5.26 Å². The van der Waals surface area contributed by atoms with Crippen LogP contribution in [-0.4, -0.2) is 17.8 Å². The molecule has 0 heterocycles. The average Bonchev–Trinajstić information content (AvgIpc) is 2.16. The molecule has 0 aromatic heterocycles. The Hall–Kier alpha value is -1.53. The predicted molar refractivity (Wildman–Crippen MR) is 53.1 cm³/mol. The standard InChI is InChI=1S/C11H13NO2/c1-8-3-4-10(6-12)5-11(8)14-7-9(2)13/h3-5,9,13H,7H2,1-2H3/t9-/m1/s1. The van der Waals surface area contributed by atoms with Crippen molar-refractivity contribution < 1.29 is 9.84 Å². The van der Waals surface area contributed by atoms with Gasteiger partial charge < -0.3 is 9.84 Å². The third-order valence-electron chi connectivity index (χ3n) is 1.80. The van der Waals surface area contributed by atoms with E-state index in [0.717, 1.165) is 5.56 Å². The lowest BCUT2D eigenvalue weighted by atomic mass is 10.1. The van der Waals surface area contributed by atoms with Crippen LogP contribution >= 0.6 is 0 Å². The van der Waals surface area contributed by atoms with Crippen molar-refractivity contribution in [2.75, 3.05) is 6.61 Å². The fraction of sp³-hybridized carbons (Fsp3) is 0.364. The molecule has 0 fully saturated rings. The monoisotopic (exact) mass is 191 g/mol. The second kappa shape index (κ2) is 4.64. The molecule has 0 unspecified atom stereocenters. The summed E-state index contributed by atoms with van der Waals surface area (Å²) in [7, 11) is 0. The Labute approximate surface area is 83.6 Å². The average molecular weight is 191 g/mol. The summed E-state index contributed by atoms with van der Waals surface area (Å²) in [5, 5.41) is 17.7. The van der Waals surface area contributed by atoms with Gasteiger partial charge in [0, 0.05) is 0 Å². The predicted octanol–water partition coefficient (Wildman–Crippen LogP) is 1.63. The first kappa shape index (κ1) is 10.6. The van der Waals surface area contributed by atoms with Gasteiger partial charge in [-0.25, -0.2) is 0 Å². The molecule has 1 aromatic carbocycles. The van der Waals surface area contributed by atoms with E-state index >= 15 is 0 Å². The van der Waals surface area contributed by atoms with Gasteiger partial charge in [-0.15, -0.1) is 0 Å². The quantitative estimate of drug-likeness (QED) is 0.790. The van der Waals surface area contributed by atoms with Gasteiger partial charge in [0.05, 0.1) is 17.7 Å². The van der Waals surface area contributed by atoms with Gasteiger partial charge in [0.15, 0.2) is 0 Å². The van der Waals surface area contributed by atoms with Gasteiger partial charge in [0.25, 0.3) is 0 Å². The van der Waals surface area contributed by atoms with Crippen molar-refractivity contribution in [1.29, 1.82) is 5.26 Å². The van der Waals surface area contributed by atoms with Crippen LogP contribution in [0.2, 0.25) is 0 Å². The van der Waals surface area contributed by atoms with E-state index < -0.39 is 6.10 Å². The highest BCUT2D eigenvalue weighted by molar-refractivity contribution is 5.41. The molecular formula is C11H13NO2. The highest BCUT2D eigenvalue weighted by Gasteiger charge is 2.03. The largest absolute Gasteiger partial charge is 0.491 e. The minimum Gasteiger partial charge on any atom is -0.491 e. The van der Waals surface area contributed by atoms with Crippen molar-refractivity contribution >= 4 is 0 Å². The van der Waals surface area contributed by atoms with Crippen LogP contribution in [-0.2, 0) is 0 Å². The fourth-order valence-electron chi connectivity index (χ4n) is 1.04. The molecule has 0 radical (unpaired) electrons. The maximum Gasteiger partial charge on any atom is 0.123 e. The maximum atomic E-state index is 9.04. The Bertz CT molecular complexity index is 353. The third kappa shape index (κ3) is 2.75. The molecule has 0 aliphatic carbocycles. The summed E-state index contributed by atoms with van der Waals surface area (Å²) < 4.78 is 5.34. The molecule has 1 atom stereocenters. The zero-order valence-corrected chi connectivity index (χ0v) is 8.32. The van der Waals surface area contributed by atoms with E-state index in [0.29, 0.717) is 11.3 Å². The highest BCUT2D eigenvalue weighted by Crippen LogP contribution is 2.19. The molecule has 3 heteroatoms. The normalized spacial score (nSPS) is 11.9. The van der Waals surface area contributed by atoms with Crippen LogP contribution in [0.3, 0.4) is 0 Å². The van der Waals surface area contributed by atoms with Crippen molar-refractivity contribution in [3.63, 3.8) is 0 Å². The molecule has 0 spiro atoms. The minimum atomic E-state index is -0.500. The molecule has 3 nitrogen and oxygen atoms in total. The Balaban J connectivity index is 2.80. The number of hydrogen-bond acceptors (Lipinski definition) is 3. The molecule has 0 aliphatic rings. The van der Waals surface area contributed by atoms with Gasteiger partial charge in [-0.05, 0) is 31.5 Å². The Morgan fingerprint density at radius 3 is 2.86 bits per heavy atom. The van der Waals surface area contributed by atoms with E-state index in [4.69, 9.17) is 15.1 Å². The molecule has 0 bridgehead atoms. The molecule has 0 aliphatic heterocycles. The van der Waals surface area contributed by atoms with Gasteiger partial charge in [-0.1, -0.05) is 6.07 Å². The summed E-state index contributed by atoms with van der Waals surface area (Å²) in [5.74, 6) is 0.657.